The number of benzene rings is 1. The highest BCUT2D eigenvalue weighted by Gasteiger charge is 2.22. The molecule has 1 aromatic carbocycles. The molecule has 1 amide bonds. The van der Waals surface area contributed by atoms with Crippen LogP contribution in [0.4, 0.5) is 5.69 Å². The first-order valence-corrected chi connectivity index (χ1v) is 8.77. The third-order valence-electron chi connectivity index (χ3n) is 3.11. The Morgan fingerprint density at radius 3 is 2.20 bits per heavy atom. The zero-order chi connectivity index (χ0) is 15.5. The van der Waals surface area contributed by atoms with Gasteiger partial charge in [0.05, 0.1) is 5.69 Å². The van der Waals surface area contributed by atoms with Crippen LogP contribution in [0.2, 0.25) is 0 Å². The first kappa shape index (κ1) is 18.0. The smallest absolute Gasteiger partial charge is 0.242 e. The summed E-state index contributed by atoms with van der Waals surface area (Å²) in [5, 5.41) is 6.26. The van der Waals surface area contributed by atoms with Crippen molar-refractivity contribution in [2.45, 2.75) is 45.7 Å². The lowest BCUT2D eigenvalue weighted by Crippen LogP contribution is -2.48. The average molecular weight is 471 g/mol. The van der Waals surface area contributed by atoms with E-state index in [0.717, 1.165) is 25.5 Å². The summed E-state index contributed by atoms with van der Waals surface area (Å²) in [4.78, 5) is 12.2. The highest BCUT2D eigenvalue weighted by atomic mass is 79.9. The van der Waals surface area contributed by atoms with Crippen molar-refractivity contribution >= 4 is 59.4 Å². The summed E-state index contributed by atoms with van der Waals surface area (Å²) in [5.74, 6) is -0.0152. The molecule has 112 valence electrons. The third-order valence-corrected chi connectivity index (χ3v) is 4.82. The second-order valence-electron chi connectivity index (χ2n) is 5.34. The lowest BCUT2D eigenvalue weighted by Gasteiger charge is -2.27. The van der Waals surface area contributed by atoms with E-state index >= 15 is 0 Å². The van der Waals surface area contributed by atoms with Crippen LogP contribution in [0.1, 0.15) is 34.1 Å². The van der Waals surface area contributed by atoms with E-state index < -0.39 is 0 Å². The number of carbonyl (C=O) groups excluding carboxylic acids is 1. The Kier molecular flexibility index (Phi) is 6.54. The van der Waals surface area contributed by atoms with E-state index in [1.54, 1.807) is 0 Å². The van der Waals surface area contributed by atoms with Gasteiger partial charge in [0.1, 0.15) is 6.04 Å². The summed E-state index contributed by atoms with van der Waals surface area (Å²) in [7, 11) is 0. The minimum absolute atomic E-state index is 0.0152. The molecule has 0 saturated carbocycles. The van der Waals surface area contributed by atoms with Gasteiger partial charge in [-0.05, 0) is 71.2 Å². The fourth-order valence-corrected chi connectivity index (χ4v) is 3.98. The second kappa shape index (κ2) is 7.27. The number of rotatable bonds is 5. The van der Waals surface area contributed by atoms with E-state index in [1.807, 2.05) is 32.9 Å². The van der Waals surface area contributed by atoms with E-state index in [4.69, 9.17) is 0 Å². The molecule has 1 aromatic rings. The van der Waals surface area contributed by atoms with Crippen molar-refractivity contribution in [3.63, 3.8) is 0 Å². The molecule has 0 radical (unpaired) electrons. The molecule has 0 spiro atoms. The zero-order valence-electron chi connectivity index (χ0n) is 12.0. The maximum atomic E-state index is 12.2. The van der Waals surface area contributed by atoms with Gasteiger partial charge < -0.3 is 10.6 Å². The Bertz CT molecular complexity index is 480. The summed E-state index contributed by atoms with van der Waals surface area (Å²) in [6.45, 7) is 7.94. The number of nitrogens with one attached hydrogen (secondary N) is 2. The van der Waals surface area contributed by atoms with Gasteiger partial charge in [-0.15, -0.1) is 0 Å². The van der Waals surface area contributed by atoms with Crippen LogP contribution in [0.5, 0.6) is 0 Å². The highest BCUT2D eigenvalue weighted by Crippen LogP contribution is 2.34. The van der Waals surface area contributed by atoms with Gasteiger partial charge in [-0.3, -0.25) is 4.79 Å². The Hall–Kier alpha value is -0.0700. The average Bonchev–Trinajstić information content (AvgIpc) is 2.32. The van der Waals surface area contributed by atoms with Crippen LogP contribution in [0.3, 0.4) is 0 Å². The first-order chi connectivity index (χ1) is 9.16. The van der Waals surface area contributed by atoms with Gasteiger partial charge in [0.2, 0.25) is 5.91 Å². The maximum Gasteiger partial charge on any atom is 0.242 e. The van der Waals surface area contributed by atoms with E-state index in [0.29, 0.717) is 0 Å². The molecule has 3 nitrogen and oxygen atoms in total. The molecule has 0 aliphatic heterocycles. The molecule has 1 atom stereocenters. The topological polar surface area (TPSA) is 41.1 Å². The van der Waals surface area contributed by atoms with Crippen LogP contribution in [0.15, 0.2) is 25.6 Å². The lowest BCUT2D eigenvalue weighted by molar-refractivity contribution is -0.123. The molecule has 2 N–H and O–H groups in total. The summed E-state index contributed by atoms with van der Waals surface area (Å²) in [5.41, 5.74) is 0.673. The van der Waals surface area contributed by atoms with Gasteiger partial charge in [-0.1, -0.05) is 22.9 Å². The van der Waals surface area contributed by atoms with Crippen molar-refractivity contribution in [3.05, 3.63) is 25.6 Å². The molecule has 6 heteroatoms. The maximum absolute atomic E-state index is 12.2. The van der Waals surface area contributed by atoms with Gasteiger partial charge in [-0.25, -0.2) is 0 Å². The van der Waals surface area contributed by atoms with Crippen molar-refractivity contribution in [3.8, 4) is 0 Å². The van der Waals surface area contributed by atoms with Crippen molar-refractivity contribution in [1.82, 2.24) is 5.32 Å². The van der Waals surface area contributed by atoms with Crippen LogP contribution < -0.4 is 10.6 Å². The minimum Gasteiger partial charge on any atom is -0.372 e. The molecule has 0 bridgehead atoms. The normalized spacial score (nSPS) is 12.9. The molecular formula is C14H19Br3N2O. The van der Waals surface area contributed by atoms with Gasteiger partial charge >= 0.3 is 0 Å². The van der Waals surface area contributed by atoms with Crippen LogP contribution in [-0.2, 0) is 4.79 Å². The molecule has 0 aromatic heterocycles. The van der Waals surface area contributed by atoms with Crippen LogP contribution in [0.25, 0.3) is 0 Å². The molecule has 20 heavy (non-hydrogen) atoms. The summed E-state index contributed by atoms with van der Waals surface area (Å²) in [6, 6.07) is 3.55. The quantitative estimate of drug-likeness (QED) is 0.630. The fourth-order valence-electron chi connectivity index (χ4n) is 1.49. The summed E-state index contributed by atoms with van der Waals surface area (Å²) in [6.07, 6.45) is 0.886. The SMILES string of the molecule is CCC(C)(C)NC(=O)C(C)Nc1c(Br)cc(Br)cc1Br. The van der Waals surface area contributed by atoms with Crippen molar-refractivity contribution in [1.29, 1.82) is 0 Å². The molecule has 0 saturated heterocycles. The largest absolute Gasteiger partial charge is 0.372 e. The summed E-state index contributed by atoms with van der Waals surface area (Å²) < 4.78 is 2.76. The minimum atomic E-state index is -0.324. The number of carbonyl (C=O) groups is 1. The van der Waals surface area contributed by atoms with Crippen molar-refractivity contribution in [2.75, 3.05) is 5.32 Å². The van der Waals surface area contributed by atoms with Crippen LogP contribution >= 0.6 is 47.8 Å². The van der Waals surface area contributed by atoms with Crippen molar-refractivity contribution in [2.24, 2.45) is 0 Å². The number of anilines is 1. The Morgan fingerprint density at radius 1 is 1.25 bits per heavy atom. The summed E-state index contributed by atoms with van der Waals surface area (Å²) >= 11 is 10.4. The predicted molar refractivity (Wildman–Crippen MR) is 95.1 cm³/mol. The van der Waals surface area contributed by atoms with Gasteiger partial charge in [0.15, 0.2) is 0 Å². The fraction of sp³-hybridized carbons (Fsp3) is 0.500. The lowest BCUT2D eigenvalue weighted by atomic mass is 10.0. The number of halogens is 3. The molecule has 0 heterocycles. The van der Waals surface area contributed by atoms with E-state index in [2.05, 4.69) is 65.3 Å². The third kappa shape index (κ3) is 5.04. The van der Waals surface area contributed by atoms with E-state index in [-0.39, 0.29) is 17.5 Å². The van der Waals surface area contributed by atoms with E-state index in [1.165, 1.54) is 0 Å². The molecule has 0 aliphatic carbocycles. The Labute approximate surface area is 145 Å². The molecular weight excluding hydrogens is 452 g/mol. The first-order valence-electron chi connectivity index (χ1n) is 6.39. The zero-order valence-corrected chi connectivity index (χ0v) is 16.7. The predicted octanol–water partition coefficient (Wildman–Crippen LogP) is 5.08. The second-order valence-corrected chi connectivity index (χ2v) is 7.96. The molecule has 0 fully saturated rings. The Morgan fingerprint density at radius 2 is 1.75 bits per heavy atom. The van der Waals surface area contributed by atoms with Gasteiger partial charge in [0.25, 0.3) is 0 Å². The Balaban J connectivity index is 2.81. The monoisotopic (exact) mass is 468 g/mol. The van der Waals surface area contributed by atoms with Gasteiger partial charge in [0, 0.05) is 19.0 Å². The van der Waals surface area contributed by atoms with E-state index in [9.17, 15) is 4.79 Å². The van der Waals surface area contributed by atoms with Crippen LogP contribution in [0, 0.1) is 0 Å². The molecule has 1 unspecified atom stereocenters. The number of hydrogen-bond acceptors (Lipinski definition) is 2. The molecule has 1 rings (SSSR count). The molecule has 0 aliphatic rings. The number of amides is 1. The highest BCUT2D eigenvalue weighted by molar-refractivity contribution is 9.11. The van der Waals surface area contributed by atoms with Crippen LogP contribution in [-0.4, -0.2) is 17.5 Å². The van der Waals surface area contributed by atoms with Crippen molar-refractivity contribution < 1.29 is 4.79 Å². The number of hydrogen-bond donors (Lipinski definition) is 2. The van der Waals surface area contributed by atoms with Gasteiger partial charge in [-0.2, -0.15) is 0 Å². The standard InChI is InChI=1S/C14H19Br3N2O/c1-5-14(3,4)19-13(20)8(2)18-12-10(16)6-9(15)7-11(12)17/h6-8,18H,5H2,1-4H3,(H,19,20).